The highest BCUT2D eigenvalue weighted by Crippen LogP contribution is 2.44. The summed E-state index contributed by atoms with van der Waals surface area (Å²) in [5.74, 6) is -3.22. The average molecular weight is 778 g/mol. The Hall–Kier alpha value is -4.00. The van der Waals surface area contributed by atoms with Crippen molar-refractivity contribution in [3.05, 3.63) is 59.7 Å². The molecular weight excluding hydrogens is 722 g/mol. The molecule has 0 fully saturated rings. The fourth-order valence-electron chi connectivity index (χ4n) is 5.25. The van der Waals surface area contributed by atoms with E-state index in [-0.39, 0.29) is 38.3 Å². The summed E-state index contributed by atoms with van der Waals surface area (Å²) in [6.45, 7) is 7.05. The molecule has 1 N–H and O–H groups in total. The van der Waals surface area contributed by atoms with Crippen LogP contribution in [0.1, 0.15) is 29.9 Å². The molecule has 2 aromatic rings. The first-order valence-electron chi connectivity index (χ1n) is 18.5. The number of hydrogen-bond acceptors (Lipinski definition) is 14. The van der Waals surface area contributed by atoms with Gasteiger partial charge in [0.1, 0.15) is 13.2 Å². The molecule has 16 nitrogen and oxygen atoms in total. The van der Waals surface area contributed by atoms with Crippen LogP contribution >= 0.6 is 0 Å². The number of Topliss-reactive ketones (excluding diaryl/α,β-unsaturated/α-hetero) is 1. The SMILES string of the molecule is CN(CCOCCOCCOCCOCCOCCOCCOCCOCCOC(=O)CCC(=O)C(=O)O)C(=O)OCC1c2ccccc2-c2ccccc21. The maximum absolute atomic E-state index is 12.6. The maximum atomic E-state index is 12.6. The first-order chi connectivity index (χ1) is 26.9. The summed E-state index contributed by atoms with van der Waals surface area (Å²) >= 11 is 0. The molecule has 306 valence electrons. The van der Waals surface area contributed by atoms with Crippen molar-refractivity contribution in [3.63, 3.8) is 0 Å². The van der Waals surface area contributed by atoms with Gasteiger partial charge in [0.2, 0.25) is 5.78 Å². The standard InChI is InChI=1S/C39H55NO15/c1-40(39(45)55-30-35-33-8-4-2-6-31(33)32-7-3-5-9-34(32)35)12-13-46-14-15-47-16-17-48-18-19-49-20-21-50-22-23-51-24-25-52-26-27-53-28-29-54-37(42)11-10-36(41)38(43)44/h2-9,35H,10-30H2,1H3,(H,43,44). The van der Waals surface area contributed by atoms with Crippen molar-refractivity contribution in [2.24, 2.45) is 0 Å². The fourth-order valence-corrected chi connectivity index (χ4v) is 5.25. The number of ketones is 1. The van der Waals surface area contributed by atoms with E-state index in [1.807, 2.05) is 24.3 Å². The van der Waals surface area contributed by atoms with Crippen molar-refractivity contribution < 1.29 is 71.7 Å². The number of nitrogens with zero attached hydrogens (tertiary/aromatic N) is 1. The third-order valence-electron chi connectivity index (χ3n) is 8.11. The molecule has 1 aliphatic rings. The Kier molecular flexibility index (Phi) is 23.4. The monoisotopic (exact) mass is 777 g/mol. The van der Waals surface area contributed by atoms with Crippen LogP contribution in [0, 0.1) is 0 Å². The molecule has 0 bridgehead atoms. The van der Waals surface area contributed by atoms with Crippen LogP contribution in [0.5, 0.6) is 0 Å². The van der Waals surface area contributed by atoms with E-state index in [2.05, 4.69) is 24.3 Å². The van der Waals surface area contributed by atoms with E-state index < -0.39 is 24.1 Å². The van der Waals surface area contributed by atoms with Crippen LogP contribution in [0.4, 0.5) is 4.79 Å². The lowest BCUT2D eigenvalue weighted by molar-refractivity contribution is -0.151. The summed E-state index contributed by atoms with van der Waals surface area (Å²) in [6, 6.07) is 16.5. The Labute approximate surface area is 322 Å². The Morgan fingerprint density at radius 3 is 1.33 bits per heavy atom. The number of likely N-dealkylation sites (N-methyl/N-ethyl adjacent to an activating group) is 1. The first kappa shape index (κ1) is 45.4. The maximum Gasteiger partial charge on any atom is 0.409 e. The third kappa shape index (κ3) is 18.9. The minimum Gasteiger partial charge on any atom is -0.476 e. The second-order valence-corrected chi connectivity index (χ2v) is 12.1. The molecule has 0 spiro atoms. The number of hydrogen-bond donors (Lipinski definition) is 1. The minimum absolute atomic E-state index is 0.00740. The van der Waals surface area contributed by atoms with E-state index in [1.165, 1.54) is 27.2 Å². The molecular formula is C39H55NO15. The van der Waals surface area contributed by atoms with E-state index in [9.17, 15) is 19.2 Å². The van der Waals surface area contributed by atoms with Crippen molar-refractivity contribution in [1.29, 1.82) is 0 Å². The zero-order chi connectivity index (χ0) is 39.4. The number of aliphatic carboxylic acids is 1. The average Bonchev–Trinajstić information content (AvgIpc) is 3.51. The van der Waals surface area contributed by atoms with Crippen molar-refractivity contribution in [1.82, 2.24) is 4.90 Å². The molecule has 0 atom stereocenters. The van der Waals surface area contributed by atoms with Gasteiger partial charge in [0.15, 0.2) is 0 Å². The molecule has 55 heavy (non-hydrogen) atoms. The van der Waals surface area contributed by atoms with Crippen LogP contribution in [-0.2, 0) is 61.8 Å². The van der Waals surface area contributed by atoms with Gasteiger partial charge in [-0.1, -0.05) is 48.5 Å². The molecule has 1 amide bonds. The molecule has 16 heteroatoms. The fraction of sp³-hybridized carbons (Fsp3) is 0.590. The lowest BCUT2D eigenvalue weighted by atomic mass is 9.98. The second-order valence-electron chi connectivity index (χ2n) is 12.1. The molecule has 1 aliphatic carbocycles. The number of carboxylic acids is 1. The largest absolute Gasteiger partial charge is 0.476 e. The highest BCUT2D eigenvalue weighted by atomic mass is 16.6. The number of amides is 1. The number of rotatable bonds is 33. The van der Waals surface area contributed by atoms with Gasteiger partial charge in [-0.15, -0.1) is 0 Å². The van der Waals surface area contributed by atoms with Crippen LogP contribution < -0.4 is 0 Å². The number of ether oxygens (including phenoxy) is 10. The second kappa shape index (κ2) is 28.4. The lowest BCUT2D eigenvalue weighted by Gasteiger charge is -2.19. The molecule has 0 aliphatic heterocycles. The smallest absolute Gasteiger partial charge is 0.409 e. The first-order valence-corrected chi connectivity index (χ1v) is 18.5. The van der Waals surface area contributed by atoms with Gasteiger partial charge in [0.05, 0.1) is 112 Å². The van der Waals surface area contributed by atoms with Crippen LogP contribution in [-0.4, -0.2) is 166 Å². The summed E-state index contributed by atoms with van der Waals surface area (Å²) in [5.41, 5.74) is 4.75. The third-order valence-corrected chi connectivity index (χ3v) is 8.11. The molecule has 0 saturated heterocycles. The van der Waals surface area contributed by atoms with E-state index in [0.29, 0.717) is 106 Å². The van der Waals surface area contributed by atoms with Crippen LogP contribution in [0.25, 0.3) is 11.1 Å². The topological polar surface area (TPSA) is 184 Å². The van der Waals surface area contributed by atoms with Gasteiger partial charge < -0.3 is 57.4 Å². The van der Waals surface area contributed by atoms with Crippen LogP contribution in [0.15, 0.2) is 48.5 Å². The number of carboxylic acid groups (broad SMARTS) is 1. The van der Waals surface area contributed by atoms with Crippen molar-refractivity contribution >= 4 is 23.8 Å². The summed E-state index contributed by atoms with van der Waals surface area (Å²) < 4.78 is 54.1. The van der Waals surface area contributed by atoms with Gasteiger partial charge in [-0.05, 0) is 22.3 Å². The minimum atomic E-state index is -1.57. The summed E-state index contributed by atoms with van der Waals surface area (Å²) in [7, 11) is 1.70. The summed E-state index contributed by atoms with van der Waals surface area (Å²) in [5, 5.41) is 8.46. The van der Waals surface area contributed by atoms with Gasteiger partial charge in [-0.3, -0.25) is 9.59 Å². The number of fused-ring (bicyclic) bond motifs is 3. The van der Waals surface area contributed by atoms with Gasteiger partial charge in [0.25, 0.3) is 0 Å². The molecule has 0 unspecified atom stereocenters. The molecule has 0 saturated carbocycles. The van der Waals surface area contributed by atoms with E-state index in [1.54, 1.807) is 7.05 Å². The highest BCUT2D eigenvalue weighted by molar-refractivity contribution is 6.32. The Morgan fingerprint density at radius 1 is 0.527 bits per heavy atom. The number of esters is 1. The van der Waals surface area contributed by atoms with E-state index in [0.717, 1.165) is 0 Å². The molecule has 3 rings (SSSR count). The zero-order valence-electron chi connectivity index (χ0n) is 31.7. The lowest BCUT2D eigenvalue weighted by Crippen LogP contribution is -2.32. The van der Waals surface area contributed by atoms with Gasteiger partial charge in [-0.25, -0.2) is 9.59 Å². The summed E-state index contributed by atoms with van der Waals surface area (Å²) in [4.78, 5) is 46.8. The number of carbonyl (C=O) groups excluding carboxylic acids is 3. The molecule has 0 aromatic heterocycles. The zero-order valence-corrected chi connectivity index (χ0v) is 31.7. The number of benzene rings is 2. The van der Waals surface area contributed by atoms with E-state index >= 15 is 0 Å². The Morgan fingerprint density at radius 2 is 0.909 bits per heavy atom. The van der Waals surface area contributed by atoms with E-state index in [4.69, 9.17) is 52.5 Å². The quantitative estimate of drug-likeness (QED) is 0.0634. The van der Waals surface area contributed by atoms with Gasteiger partial charge in [-0.2, -0.15) is 0 Å². The molecule has 0 radical (unpaired) electrons. The Balaban J connectivity index is 0.987. The number of carbonyl (C=O) groups is 4. The van der Waals surface area contributed by atoms with Crippen LogP contribution in [0.3, 0.4) is 0 Å². The predicted octanol–water partition coefficient (Wildman–Crippen LogP) is 2.98. The normalized spacial score (nSPS) is 11.9. The highest BCUT2D eigenvalue weighted by Gasteiger charge is 2.29. The molecule has 0 heterocycles. The predicted molar refractivity (Wildman–Crippen MR) is 197 cm³/mol. The Bertz CT molecular complexity index is 1360. The summed E-state index contributed by atoms with van der Waals surface area (Å²) in [6.07, 6.45) is -1.05. The van der Waals surface area contributed by atoms with Crippen molar-refractivity contribution in [2.75, 3.05) is 133 Å². The van der Waals surface area contributed by atoms with Gasteiger partial charge in [0, 0.05) is 25.9 Å². The molecule has 2 aromatic carbocycles. The van der Waals surface area contributed by atoms with Crippen molar-refractivity contribution in [3.8, 4) is 11.1 Å². The van der Waals surface area contributed by atoms with Gasteiger partial charge >= 0.3 is 18.0 Å². The van der Waals surface area contributed by atoms with Crippen LogP contribution in [0.2, 0.25) is 0 Å². The van der Waals surface area contributed by atoms with Crippen molar-refractivity contribution in [2.45, 2.75) is 18.8 Å².